The number of aromatic amines is 1. The normalized spacial score (nSPS) is 20.3. The second-order valence-electron chi connectivity index (χ2n) is 8.09. The van der Waals surface area contributed by atoms with Crippen molar-refractivity contribution in [3.05, 3.63) is 26.6 Å². The number of nitrogens with one attached hydrogen (secondary N) is 1. The second kappa shape index (κ2) is 9.55. The summed E-state index contributed by atoms with van der Waals surface area (Å²) in [6.07, 6.45) is 2.76. The van der Waals surface area contributed by atoms with Crippen LogP contribution in [-0.4, -0.2) is 77.8 Å². The molecule has 1 N–H and O–H groups in total. The highest BCUT2D eigenvalue weighted by Gasteiger charge is 2.22. The zero-order chi connectivity index (χ0) is 21.1. The van der Waals surface area contributed by atoms with Crippen LogP contribution in [-0.2, 0) is 20.8 Å². The van der Waals surface area contributed by atoms with E-state index in [-0.39, 0.29) is 17.6 Å². The Morgan fingerprint density at radius 2 is 2.10 bits per heavy atom. The highest BCUT2D eigenvalue weighted by atomic mass is 32.1. The minimum Gasteiger partial charge on any atom is -0.378 e. The first-order valence-corrected chi connectivity index (χ1v) is 11.5. The third-order valence-electron chi connectivity index (χ3n) is 5.97. The summed E-state index contributed by atoms with van der Waals surface area (Å²) in [6.45, 7) is 9.35. The SMILES string of the molecule is Cc1sc2nc(CN3CCN(C(=O)CCOCC4CCCO4)CC3)[nH]c(=O)c2c1C. The van der Waals surface area contributed by atoms with Crippen LogP contribution in [0.2, 0.25) is 0 Å². The van der Waals surface area contributed by atoms with Crippen LogP contribution in [0.5, 0.6) is 0 Å². The summed E-state index contributed by atoms with van der Waals surface area (Å²) in [5.74, 6) is 0.829. The van der Waals surface area contributed by atoms with E-state index in [0.717, 1.165) is 47.8 Å². The van der Waals surface area contributed by atoms with E-state index in [0.29, 0.717) is 50.5 Å². The lowest BCUT2D eigenvalue weighted by Gasteiger charge is -2.34. The molecule has 0 aromatic carbocycles. The van der Waals surface area contributed by atoms with Crippen molar-refractivity contribution in [2.75, 3.05) is 46.0 Å². The van der Waals surface area contributed by atoms with Crippen molar-refractivity contribution in [3.63, 3.8) is 0 Å². The lowest BCUT2D eigenvalue weighted by Crippen LogP contribution is -2.48. The number of amides is 1. The van der Waals surface area contributed by atoms with Gasteiger partial charge in [0, 0.05) is 37.7 Å². The van der Waals surface area contributed by atoms with E-state index < -0.39 is 0 Å². The predicted octanol–water partition coefficient (Wildman–Crippen LogP) is 1.83. The van der Waals surface area contributed by atoms with Crippen LogP contribution >= 0.6 is 11.3 Å². The Kier molecular flexibility index (Phi) is 6.82. The zero-order valence-electron chi connectivity index (χ0n) is 17.7. The number of thiophene rings is 1. The molecule has 0 bridgehead atoms. The minimum absolute atomic E-state index is 0.0614. The highest BCUT2D eigenvalue weighted by molar-refractivity contribution is 7.18. The summed E-state index contributed by atoms with van der Waals surface area (Å²) in [5, 5.41) is 0.707. The van der Waals surface area contributed by atoms with Gasteiger partial charge in [-0.3, -0.25) is 14.5 Å². The number of fused-ring (bicyclic) bond motifs is 1. The first-order valence-electron chi connectivity index (χ1n) is 10.7. The van der Waals surface area contributed by atoms with Gasteiger partial charge in [0.15, 0.2) is 0 Å². The van der Waals surface area contributed by atoms with Gasteiger partial charge in [0.2, 0.25) is 5.91 Å². The number of carbonyl (C=O) groups excluding carboxylic acids is 1. The maximum atomic E-state index is 12.4. The third-order valence-corrected chi connectivity index (χ3v) is 7.08. The van der Waals surface area contributed by atoms with Crippen LogP contribution in [0.25, 0.3) is 10.2 Å². The summed E-state index contributed by atoms with van der Waals surface area (Å²) < 4.78 is 11.1. The van der Waals surface area contributed by atoms with Gasteiger partial charge in [-0.05, 0) is 32.3 Å². The minimum atomic E-state index is -0.0614. The molecule has 1 amide bonds. The number of piperazine rings is 1. The van der Waals surface area contributed by atoms with Gasteiger partial charge in [0.25, 0.3) is 5.56 Å². The van der Waals surface area contributed by atoms with Crippen molar-refractivity contribution >= 4 is 27.5 Å². The van der Waals surface area contributed by atoms with E-state index in [4.69, 9.17) is 9.47 Å². The fourth-order valence-electron chi connectivity index (χ4n) is 4.05. The molecule has 0 radical (unpaired) electrons. The van der Waals surface area contributed by atoms with Crippen molar-refractivity contribution < 1.29 is 14.3 Å². The number of aromatic nitrogens is 2. The van der Waals surface area contributed by atoms with E-state index in [1.807, 2.05) is 18.7 Å². The molecule has 1 unspecified atom stereocenters. The molecule has 0 saturated carbocycles. The number of carbonyl (C=O) groups is 1. The average molecular weight is 435 g/mol. The van der Waals surface area contributed by atoms with Crippen LogP contribution in [0.1, 0.15) is 35.5 Å². The molecule has 8 nitrogen and oxygen atoms in total. The lowest BCUT2D eigenvalue weighted by atomic mass is 10.2. The van der Waals surface area contributed by atoms with E-state index in [9.17, 15) is 9.59 Å². The number of rotatable bonds is 7. The number of H-pyrrole nitrogens is 1. The largest absolute Gasteiger partial charge is 0.378 e. The molecule has 0 spiro atoms. The van der Waals surface area contributed by atoms with Crippen LogP contribution in [0.15, 0.2) is 4.79 Å². The molecule has 4 rings (SSSR count). The van der Waals surface area contributed by atoms with Crippen molar-refractivity contribution in [1.29, 1.82) is 0 Å². The van der Waals surface area contributed by atoms with Gasteiger partial charge in [-0.2, -0.15) is 0 Å². The third kappa shape index (κ3) is 4.91. The molecule has 164 valence electrons. The first kappa shape index (κ1) is 21.4. The van der Waals surface area contributed by atoms with Crippen LogP contribution in [0.4, 0.5) is 0 Å². The Balaban J connectivity index is 1.23. The van der Waals surface area contributed by atoms with Crippen molar-refractivity contribution in [2.24, 2.45) is 0 Å². The van der Waals surface area contributed by atoms with Gasteiger partial charge in [-0.25, -0.2) is 4.98 Å². The number of aryl methyl sites for hydroxylation is 2. The Morgan fingerprint density at radius 1 is 1.30 bits per heavy atom. The van der Waals surface area contributed by atoms with Gasteiger partial charge in [-0.15, -0.1) is 11.3 Å². The molecule has 2 saturated heterocycles. The molecule has 2 aromatic heterocycles. The second-order valence-corrected chi connectivity index (χ2v) is 9.30. The quantitative estimate of drug-likeness (QED) is 0.669. The molecular formula is C21H30N4O4S. The number of nitrogens with zero attached hydrogens (tertiary/aromatic N) is 3. The Bertz CT molecular complexity index is 942. The van der Waals surface area contributed by atoms with E-state index in [1.165, 1.54) is 0 Å². The van der Waals surface area contributed by atoms with Gasteiger partial charge in [0.1, 0.15) is 10.7 Å². The molecule has 2 aromatic rings. The summed E-state index contributed by atoms with van der Waals surface area (Å²) in [6, 6.07) is 0. The predicted molar refractivity (Wildman–Crippen MR) is 116 cm³/mol. The van der Waals surface area contributed by atoms with Gasteiger partial charge >= 0.3 is 0 Å². The maximum Gasteiger partial charge on any atom is 0.259 e. The Hall–Kier alpha value is -1.81. The van der Waals surface area contributed by atoms with E-state index >= 15 is 0 Å². The molecule has 0 aliphatic carbocycles. The molecule has 1 atom stereocenters. The molecule has 9 heteroatoms. The van der Waals surface area contributed by atoms with Crippen molar-refractivity contribution in [2.45, 2.75) is 45.8 Å². The molecule has 2 aliphatic heterocycles. The first-order chi connectivity index (χ1) is 14.5. The Morgan fingerprint density at radius 3 is 2.83 bits per heavy atom. The van der Waals surface area contributed by atoms with Crippen LogP contribution < -0.4 is 5.56 Å². The molecule has 2 aliphatic rings. The lowest BCUT2D eigenvalue weighted by molar-refractivity contribution is -0.134. The highest BCUT2D eigenvalue weighted by Crippen LogP contribution is 2.25. The van der Waals surface area contributed by atoms with Crippen molar-refractivity contribution in [3.8, 4) is 0 Å². The molecule has 4 heterocycles. The maximum absolute atomic E-state index is 12.4. The standard InChI is InChI=1S/C21H30N4O4S/c1-14-15(2)30-21-19(14)20(27)22-17(23-21)12-24-6-8-25(9-7-24)18(26)5-11-28-13-16-4-3-10-29-16/h16H,3-13H2,1-2H3,(H,22,23,27). The molecule has 30 heavy (non-hydrogen) atoms. The number of ether oxygens (including phenoxy) is 2. The summed E-state index contributed by atoms with van der Waals surface area (Å²) in [7, 11) is 0. The fraction of sp³-hybridized carbons (Fsp3) is 0.667. The molecule has 2 fully saturated rings. The van der Waals surface area contributed by atoms with E-state index in [2.05, 4.69) is 14.9 Å². The summed E-state index contributed by atoms with van der Waals surface area (Å²) in [4.78, 5) is 38.5. The summed E-state index contributed by atoms with van der Waals surface area (Å²) in [5.41, 5.74) is 0.954. The van der Waals surface area contributed by atoms with Gasteiger partial charge in [0.05, 0.1) is 37.7 Å². The van der Waals surface area contributed by atoms with Crippen molar-refractivity contribution in [1.82, 2.24) is 19.8 Å². The monoisotopic (exact) mass is 434 g/mol. The fourth-order valence-corrected chi connectivity index (χ4v) is 5.10. The Labute approximate surface area is 180 Å². The average Bonchev–Trinajstić information content (AvgIpc) is 3.34. The smallest absolute Gasteiger partial charge is 0.259 e. The van der Waals surface area contributed by atoms with Crippen LogP contribution in [0.3, 0.4) is 0 Å². The van der Waals surface area contributed by atoms with Gasteiger partial charge < -0.3 is 19.4 Å². The zero-order valence-corrected chi connectivity index (χ0v) is 18.6. The van der Waals surface area contributed by atoms with Gasteiger partial charge in [-0.1, -0.05) is 0 Å². The summed E-state index contributed by atoms with van der Waals surface area (Å²) >= 11 is 1.57. The number of hydrogen-bond acceptors (Lipinski definition) is 7. The van der Waals surface area contributed by atoms with E-state index in [1.54, 1.807) is 11.3 Å². The topological polar surface area (TPSA) is 87.8 Å². The number of hydrogen-bond donors (Lipinski definition) is 1. The van der Waals surface area contributed by atoms with Crippen LogP contribution in [0, 0.1) is 13.8 Å². The molecular weight excluding hydrogens is 404 g/mol.